The van der Waals surface area contributed by atoms with Crippen LogP contribution < -0.4 is 8.92 Å². The predicted octanol–water partition coefficient (Wildman–Crippen LogP) is 4.37. The molecule has 6 nitrogen and oxygen atoms in total. The Morgan fingerprint density at radius 3 is 1.91 bits per heavy atom. The van der Waals surface area contributed by atoms with Gasteiger partial charge in [0, 0.05) is 27.8 Å². The highest BCUT2D eigenvalue weighted by atomic mass is 32.2. The van der Waals surface area contributed by atoms with E-state index in [2.05, 4.69) is 4.18 Å². The molecule has 3 aromatic rings. The van der Waals surface area contributed by atoms with Crippen LogP contribution in [0.25, 0.3) is 11.1 Å². The van der Waals surface area contributed by atoms with Crippen LogP contribution in [0, 0.1) is 0 Å². The van der Waals surface area contributed by atoms with Crippen LogP contribution >= 0.6 is 0 Å². The van der Waals surface area contributed by atoms with Crippen LogP contribution in [-0.2, 0) is 10.1 Å². The summed E-state index contributed by atoms with van der Waals surface area (Å²) in [6.45, 7) is 0. The number of rotatable bonds is 4. The molecule has 0 saturated heterocycles. The second kappa shape index (κ2) is 7.49. The van der Waals surface area contributed by atoms with Crippen molar-refractivity contribution in [1.82, 2.24) is 0 Å². The lowest BCUT2D eigenvalue weighted by molar-refractivity contribution is -0.0499. The van der Waals surface area contributed by atoms with Gasteiger partial charge in [-0.25, -0.2) is 0 Å². The predicted molar refractivity (Wildman–Crippen MR) is 107 cm³/mol. The van der Waals surface area contributed by atoms with Gasteiger partial charge >= 0.3 is 15.6 Å². The molecule has 0 aliphatic heterocycles. The highest BCUT2D eigenvalue weighted by Crippen LogP contribution is 2.42. The molecule has 0 N–H and O–H groups in total. The minimum absolute atomic E-state index is 0.0515. The Hall–Kier alpha value is -3.66. The minimum Gasteiger partial charge on any atom is -0.497 e. The fourth-order valence-corrected chi connectivity index (χ4v) is 3.92. The fraction of sp³-hybridized carbons (Fsp3) is 0.0909. The summed E-state index contributed by atoms with van der Waals surface area (Å²) < 4.78 is 71.8. The van der Waals surface area contributed by atoms with Gasteiger partial charge in [0.05, 0.1) is 7.11 Å². The Labute approximate surface area is 180 Å². The zero-order chi connectivity index (χ0) is 23.3. The van der Waals surface area contributed by atoms with Crippen molar-refractivity contribution in [3.63, 3.8) is 0 Å². The molecule has 0 saturated carbocycles. The summed E-state index contributed by atoms with van der Waals surface area (Å²) in [4.78, 5) is 26.3. The van der Waals surface area contributed by atoms with Crippen molar-refractivity contribution in [2.75, 3.05) is 7.11 Å². The molecule has 0 unspecified atom stereocenters. The van der Waals surface area contributed by atoms with Crippen LogP contribution in [0.15, 0.2) is 60.7 Å². The van der Waals surface area contributed by atoms with Crippen molar-refractivity contribution in [1.29, 1.82) is 0 Å². The van der Waals surface area contributed by atoms with Gasteiger partial charge in [-0.3, -0.25) is 9.59 Å². The maximum absolute atomic E-state index is 13.3. The number of halogens is 3. The molecule has 0 aromatic heterocycles. The molecule has 4 rings (SSSR count). The van der Waals surface area contributed by atoms with E-state index in [9.17, 15) is 31.2 Å². The monoisotopic (exact) mass is 462 g/mol. The van der Waals surface area contributed by atoms with E-state index in [1.165, 1.54) is 49.6 Å². The van der Waals surface area contributed by atoms with Crippen molar-refractivity contribution in [2.45, 2.75) is 5.51 Å². The summed E-state index contributed by atoms with van der Waals surface area (Å²) in [5.41, 5.74) is -5.89. The Morgan fingerprint density at radius 2 is 1.34 bits per heavy atom. The Balaban J connectivity index is 2.01. The molecule has 0 spiro atoms. The van der Waals surface area contributed by atoms with Crippen LogP contribution in [-0.4, -0.2) is 32.6 Å². The fourth-order valence-electron chi connectivity index (χ4n) is 3.45. The molecular weight excluding hydrogens is 449 g/mol. The lowest BCUT2D eigenvalue weighted by Crippen LogP contribution is -2.29. The second-order valence-corrected chi connectivity index (χ2v) is 8.31. The highest BCUT2D eigenvalue weighted by Gasteiger charge is 2.49. The average molecular weight is 462 g/mol. The van der Waals surface area contributed by atoms with Gasteiger partial charge in [0.2, 0.25) is 0 Å². The minimum atomic E-state index is -6.03. The van der Waals surface area contributed by atoms with Crippen molar-refractivity contribution < 1.29 is 40.1 Å². The molecule has 32 heavy (non-hydrogen) atoms. The van der Waals surface area contributed by atoms with E-state index in [-0.39, 0.29) is 33.4 Å². The largest absolute Gasteiger partial charge is 0.534 e. The van der Waals surface area contributed by atoms with Crippen molar-refractivity contribution in [2.24, 2.45) is 0 Å². The summed E-state index contributed by atoms with van der Waals surface area (Å²) in [6, 6.07) is 13.8. The molecule has 0 radical (unpaired) electrons. The maximum atomic E-state index is 13.3. The third-order valence-corrected chi connectivity index (χ3v) is 5.88. The van der Waals surface area contributed by atoms with E-state index >= 15 is 0 Å². The van der Waals surface area contributed by atoms with Crippen molar-refractivity contribution >= 4 is 21.7 Å². The number of hydrogen-bond acceptors (Lipinski definition) is 6. The smallest absolute Gasteiger partial charge is 0.497 e. The number of carbonyl (C=O) groups is 2. The molecule has 10 heteroatoms. The number of ether oxygens (including phenoxy) is 1. The topological polar surface area (TPSA) is 86.7 Å². The number of fused-ring (bicyclic) bond motifs is 2. The molecule has 1 aliphatic rings. The number of carbonyl (C=O) groups excluding carboxylic acids is 2. The first-order valence-corrected chi connectivity index (χ1v) is 10.5. The molecule has 0 heterocycles. The highest BCUT2D eigenvalue weighted by molar-refractivity contribution is 7.88. The third kappa shape index (κ3) is 3.42. The molecule has 0 fully saturated rings. The first-order chi connectivity index (χ1) is 15.0. The molecule has 164 valence electrons. The Bertz CT molecular complexity index is 1360. The molecular formula is C22H13F3O6S. The van der Waals surface area contributed by atoms with E-state index in [1.807, 2.05) is 0 Å². The van der Waals surface area contributed by atoms with Gasteiger partial charge in [-0.2, -0.15) is 21.6 Å². The third-order valence-electron chi connectivity index (χ3n) is 4.92. The zero-order valence-electron chi connectivity index (χ0n) is 16.3. The molecule has 0 amide bonds. The van der Waals surface area contributed by atoms with E-state index in [0.717, 1.165) is 12.1 Å². The van der Waals surface area contributed by atoms with Gasteiger partial charge in [0.25, 0.3) is 0 Å². The van der Waals surface area contributed by atoms with Crippen LogP contribution in [0.5, 0.6) is 11.5 Å². The van der Waals surface area contributed by atoms with E-state index < -0.39 is 32.9 Å². The normalized spacial score (nSPS) is 13.4. The lowest BCUT2D eigenvalue weighted by Gasteiger charge is -2.22. The molecule has 0 bridgehead atoms. The Morgan fingerprint density at radius 1 is 0.750 bits per heavy atom. The van der Waals surface area contributed by atoms with Crippen LogP contribution in [0.2, 0.25) is 0 Å². The van der Waals surface area contributed by atoms with E-state index in [0.29, 0.717) is 5.75 Å². The Kier molecular flexibility index (Phi) is 5.04. The molecule has 1 aliphatic carbocycles. The molecule has 0 atom stereocenters. The first-order valence-electron chi connectivity index (χ1n) is 9.06. The summed E-state index contributed by atoms with van der Waals surface area (Å²) in [7, 11) is -4.63. The number of alkyl halides is 3. The number of methoxy groups -OCH3 is 1. The van der Waals surface area contributed by atoms with Gasteiger partial charge in [0.1, 0.15) is 5.75 Å². The van der Waals surface area contributed by atoms with Crippen molar-refractivity contribution in [3.8, 4) is 22.6 Å². The SMILES string of the molecule is COc1ccc(-c2c(OS(=O)(=O)C(F)(F)F)ccc3c2C(=O)c2ccccc2C3=O)cc1. The summed E-state index contributed by atoms with van der Waals surface area (Å²) in [5, 5.41) is 0. The number of benzene rings is 3. The van der Waals surface area contributed by atoms with Crippen molar-refractivity contribution in [3.05, 3.63) is 82.9 Å². The zero-order valence-corrected chi connectivity index (χ0v) is 17.1. The summed E-state index contributed by atoms with van der Waals surface area (Å²) in [6.07, 6.45) is 0. The standard InChI is InChI=1S/C22H13F3O6S/c1-30-13-8-6-12(7-9-13)18-17(31-32(28,29)22(23,24)25)11-10-16-19(18)21(27)15-5-3-2-4-14(15)20(16)26/h2-11H,1H3. The van der Waals surface area contributed by atoms with Gasteiger partial charge in [-0.15, -0.1) is 0 Å². The van der Waals surface area contributed by atoms with Crippen LogP contribution in [0.4, 0.5) is 13.2 Å². The first kappa shape index (κ1) is 21.6. The van der Waals surface area contributed by atoms with Gasteiger partial charge < -0.3 is 8.92 Å². The number of hydrogen-bond donors (Lipinski definition) is 0. The quantitative estimate of drug-likeness (QED) is 0.331. The number of ketones is 2. The van der Waals surface area contributed by atoms with Gasteiger partial charge in [0.15, 0.2) is 17.3 Å². The van der Waals surface area contributed by atoms with Gasteiger partial charge in [-0.05, 0) is 29.8 Å². The second-order valence-electron chi connectivity index (χ2n) is 6.78. The van der Waals surface area contributed by atoms with E-state index in [1.54, 1.807) is 6.07 Å². The van der Waals surface area contributed by atoms with E-state index in [4.69, 9.17) is 4.74 Å². The molecule has 3 aromatic carbocycles. The average Bonchev–Trinajstić information content (AvgIpc) is 2.76. The van der Waals surface area contributed by atoms with Crippen LogP contribution in [0.3, 0.4) is 0 Å². The summed E-state index contributed by atoms with van der Waals surface area (Å²) >= 11 is 0. The maximum Gasteiger partial charge on any atom is 0.534 e. The van der Waals surface area contributed by atoms with Crippen LogP contribution in [0.1, 0.15) is 31.8 Å². The van der Waals surface area contributed by atoms with Gasteiger partial charge in [-0.1, -0.05) is 36.4 Å². The summed E-state index contributed by atoms with van der Waals surface area (Å²) in [5.74, 6) is -1.48. The lowest BCUT2D eigenvalue weighted by atomic mass is 9.80.